The highest BCUT2D eigenvalue weighted by Gasteiger charge is 2.56. The summed E-state index contributed by atoms with van der Waals surface area (Å²) in [5, 5.41) is 23.8. The molecule has 13 nitrogen and oxygen atoms in total. The molecule has 1 aromatic carbocycles. The minimum absolute atomic E-state index is 0. The molecule has 6 atom stereocenters. The van der Waals surface area contributed by atoms with Crippen LogP contribution in [0, 0.1) is 12.3 Å². The number of nitrogens with one attached hydrogen (secondary N) is 2. The normalized spacial score (nSPS) is 25.7. The number of aromatic nitrogens is 2. The molecule has 2 heterocycles. The van der Waals surface area contributed by atoms with Gasteiger partial charge >= 0.3 is 19.4 Å². The van der Waals surface area contributed by atoms with Crippen LogP contribution in [0.2, 0.25) is 0 Å². The van der Waals surface area contributed by atoms with Gasteiger partial charge in [-0.1, -0.05) is 24.1 Å². The number of aromatic amines is 1. The van der Waals surface area contributed by atoms with Crippen molar-refractivity contribution in [2.45, 2.75) is 57.0 Å². The summed E-state index contributed by atoms with van der Waals surface area (Å²) < 4.78 is 36.4. The Morgan fingerprint density at radius 3 is 2.57 bits per heavy atom. The van der Waals surface area contributed by atoms with Crippen LogP contribution in [0.15, 0.2) is 52.2 Å². The lowest BCUT2D eigenvalue weighted by Crippen LogP contribution is -2.46. The number of nitrogens with zero attached hydrogens (tertiary/aromatic N) is 1. The first-order valence-corrected chi connectivity index (χ1v) is 12.7. The number of carbonyl (C=O) groups excluding carboxylic acids is 1. The molecule has 0 saturated carbocycles. The molecule has 1 saturated heterocycles. The third kappa shape index (κ3) is 6.56. The van der Waals surface area contributed by atoms with E-state index in [9.17, 15) is 29.2 Å². The number of para-hydroxylation sites is 1. The third-order valence-electron chi connectivity index (χ3n) is 5.27. The number of esters is 1. The second-order valence-corrected chi connectivity index (χ2v) is 10.2. The fourth-order valence-electron chi connectivity index (χ4n) is 3.43. The Hall–Kier alpha value is -3.24. The van der Waals surface area contributed by atoms with E-state index < -0.39 is 67.8 Å². The zero-order valence-electron chi connectivity index (χ0n) is 20.3. The smallest absolute Gasteiger partial charge is 0.459 e. The van der Waals surface area contributed by atoms with Crippen LogP contribution in [-0.2, 0) is 23.4 Å². The van der Waals surface area contributed by atoms with Crippen LogP contribution in [0.5, 0.6) is 5.75 Å². The summed E-state index contributed by atoms with van der Waals surface area (Å²) in [6, 6.07) is 7.79. The van der Waals surface area contributed by atoms with Crippen molar-refractivity contribution >= 4 is 13.7 Å². The lowest BCUT2D eigenvalue weighted by Gasteiger charge is -2.29. The minimum Gasteiger partial charge on any atom is -0.462 e. The standard InChI is InChI=1S/C23H28N3O10P.H2/c1-5-23(19(29)18(28)20(35-23)26-12-11-17(27)24-22(26)31)13-33-37(32,36-16-9-7-6-8-10-16)25-15(4)21(30)34-14(2)3;/h1,6-12,14-15,18-20,28-29H,13H2,2-4H3,(H,25,32)(H,24,27,31);1H/t15-,18?,19+,20+,23+,37?;/m0./s1. The number of benzene rings is 1. The molecular weight excluding hydrogens is 509 g/mol. The van der Waals surface area contributed by atoms with Gasteiger partial charge in [0.1, 0.15) is 30.6 Å². The summed E-state index contributed by atoms with van der Waals surface area (Å²) in [5.41, 5.74) is -3.70. The zero-order valence-corrected chi connectivity index (χ0v) is 21.2. The molecule has 1 aliphatic heterocycles. The molecule has 37 heavy (non-hydrogen) atoms. The van der Waals surface area contributed by atoms with Gasteiger partial charge in [-0.2, -0.15) is 5.09 Å². The summed E-state index contributed by atoms with van der Waals surface area (Å²) in [6.45, 7) is 3.88. The van der Waals surface area contributed by atoms with Gasteiger partial charge in [-0.25, -0.2) is 9.36 Å². The van der Waals surface area contributed by atoms with Gasteiger partial charge in [0.25, 0.3) is 5.56 Å². The molecule has 1 aliphatic rings. The first kappa shape index (κ1) is 28.3. The molecule has 0 amide bonds. The van der Waals surface area contributed by atoms with E-state index in [0.29, 0.717) is 0 Å². The van der Waals surface area contributed by atoms with Crippen molar-refractivity contribution in [1.29, 1.82) is 0 Å². The number of ether oxygens (including phenoxy) is 2. The summed E-state index contributed by atoms with van der Waals surface area (Å²) in [7, 11) is -4.39. The second-order valence-electron chi connectivity index (χ2n) is 8.51. The average Bonchev–Trinajstić information content (AvgIpc) is 3.08. The number of terminal acetylenes is 1. The number of carbonyl (C=O) groups is 1. The van der Waals surface area contributed by atoms with Crippen molar-refractivity contribution in [2.24, 2.45) is 0 Å². The van der Waals surface area contributed by atoms with Crippen molar-refractivity contribution in [1.82, 2.24) is 14.6 Å². The van der Waals surface area contributed by atoms with E-state index in [4.69, 9.17) is 24.9 Å². The van der Waals surface area contributed by atoms with Crippen LogP contribution in [-0.4, -0.2) is 62.3 Å². The van der Waals surface area contributed by atoms with E-state index >= 15 is 0 Å². The fourth-order valence-corrected chi connectivity index (χ4v) is 4.95. The summed E-state index contributed by atoms with van der Waals surface area (Å²) in [6.07, 6.45) is 1.18. The molecule has 202 valence electrons. The van der Waals surface area contributed by atoms with E-state index in [1.54, 1.807) is 32.0 Å². The van der Waals surface area contributed by atoms with Crippen molar-refractivity contribution in [2.75, 3.05) is 6.61 Å². The van der Waals surface area contributed by atoms with Crippen LogP contribution in [0.1, 0.15) is 28.4 Å². The minimum atomic E-state index is -4.39. The third-order valence-corrected chi connectivity index (χ3v) is 6.89. The first-order chi connectivity index (χ1) is 17.4. The van der Waals surface area contributed by atoms with E-state index in [-0.39, 0.29) is 7.18 Å². The Labute approximate surface area is 213 Å². The van der Waals surface area contributed by atoms with Crippen LogP contribution in [0.4, 0.5) is 0 Å². The van der Waals surface area contributed by atoms with Crippen LogP contribution in [0.3, 0.4) is 0 Å². The zero-order chi connectivity index (χ0) is 27.4. The monoisotopic (exact) mass is 539 g/mol. The highest BCUT2D eigenvalue weighted by atomic mass is 31.2. The first-order valence-electron chi connectivity index (χ1n) is 11.2. The lowest BCUT2D eigenvalue weighted by molar-refractivity contribution is -0.149. The van der Waals surface area contributed by atoms with Crippen LogP contribution in [0.25, 0.3) is 0 Å². The number of hydrogen-bond acceptors (Lipinski definition) is 10. The fraction of sp³-hybridized carbons (Fsp3) is 0.435. The Morgan fingerprint density at radius 2 is 1.97 bits per heavy atom. The second kappa shape index (κ2) is 11.4. The molecule has 14 heteroatoms. The summed E-state index contributed by atoms with van der Waals surface area (Å²) in [5.74, 6) is 1.58. The van der Waals surface area contributed by atoms with Gasteiger partial charge in [0.15, 0.2) is 11.8 Å². The molecule has 0 aliphatic carbocycles. The van der Waals surface area contributed by atoms with Gasteiger partial charge in [-0.3, -0.25) is 23.7 Å². The maximum atomic E-state index is 13.7. The molecule has 0 radical (unpaired) electrons. The Kier molecular flexibility index (Phi) is 8.76. The van der Waals surface area contributed by atoms with E-state index in [1.165, 1.54) is 19.1 Å². The molecule has 3 rings (SSSR count). The van der Waals surface area contributed by atoms with E-state index in [2.05, 4.69) is 11.0 Å². The number of aliphatic hydroxyl groups is 2. The van der Waals surface area contributed by atoms with Gasteiger partial charge in [-0.05, 0) is 32.9 Å². The molecule has 0 bridgehead atoms. The molecular formula is C23H30N3O10P. The van der Waals surface area contributed by atoms with E-state index in [1.807, 2.05) is 4.98 Å². The number of rotatable bonds is 10. The lowest BCUT2D eigenvalue weighted by atomic mass is 9.97. The van der Waals surface area contributed by atoms with Crippen LogP contribution >= 0.6 is 7.75 Å². The summed E-state index contributed by atoms with van der Waals surface area (Å²) in [4.78, 5) is 37.9. The molecule has 1 fully saturated rings. The van der Waals surface area contributed by atoms with Crippen molar-refractivity contribution in [3.05, 3.63) is 63.4 Å². The number of aliphatic hydroxyl groups excluding tert-OH is 2. The highest BCUT2D eigenvalue weighted by Crippen LogP contribution is 2.47. The molecule has 4 N–H and O–H groups in total. The largest absolute Gasteiger partial charge is 0.462 e. The molecule has 0 spiro atoms. The van der Waals surface area contributed by atoms with Gasteiger partial charge < -0.3 is 24.2 Å². The van der Waals surface area contributed by atoms with Crippen molar-refractivity contribution < 1.29 is 39.5 Å². The van der Waals surface area contributed by atoms with E-state index in [0.717, 1.165) is 16.8 Å². The highest BCUT2D eigenvalue weighted by molar-refractivity contribution is 7.52. The van der Waals surface area contributed by atoms with Gasteiger partial charge in [0.2, 0.25) is 0 Å². The van der Waals surface area contributed by atoms with Gasteiger partial charge in [0.05, 0.1) is 6.10 Å². The molecule has 2 aromatic rings. The van der Waals surface area contributed by atoms with Gasteiger partial charge in [0, 0.05) is 13.7 Å². The van der Waals surface area contributed by atoms with Crippen molar-refractivity contribution in [3.63, 3.8) is 0 Å². The van der Waals surface area contributed by atoms with Crippen LogP contribution < -0.4 is 20.9 Å². The Balaban J connectivity index is 0.00000507. The number of hydrogen-bond donors (Lipinski definition) is 4. The number of H-pyrrole nitrogens is 1. The van der Waals surface area contributed by atoms with Gasteiger partial charge in [-0.15, -0.1) is 6.42 Å². The molecule has 1 aromatic heterocycles. The predicted molar refractivity (Wildman–Crippen MR) is 132 cm³/mol. The Morgan fingerprint density at radius 1 is 1.30 bits per heavy atom. The average molecular weight is 539 g/mol. The van der Waals surface area contributed by atoms with Crippen molar-refractivity contribution in [3.8, 4) is 18.1 Å². The summed E-state index contributed by atoms with van der Waals surface area (Å²) >= 11 is 0. The molecule has 2 unspecified atom stereocenters. The quantitative estimate of drug-likeness (QED) is 0.188. The maximum absolute atomic E-state index is 13.7. The topological polar surface area (TPSA) is 178 Å². The maximum Gasteiger partial charge on any atom is 0.459 e. The SMILES string of the molecule is C#C[C@]1(COP(=O)(N[C@@H](C)C(=O)OC(C)C)Oc2ccccc2)O[C@@H](n2ccc(=O)[nH]c2=O)C(O)[C@H]1O.[HH]. The predicted octanol–water partition coefficient (Wildman–Crippen LogP) is 0.539. The Bertz CT molecular complexity index is 1310.